The predicted molar refractivity (Wildman–Crippen MR) is 114 cm³/mol. The number of rotatable bonds is 6. The second-order valence-corrected chi connectivity index (χ2v) is 6.95. The molecule has 2 aromatic heterocycles. The van der Waals surface area contributed by atoms with Gasteiger partial charge < -0.3 is 24.4 Å². The first-order valence-electron chi connectivity index (χ1n) is 9.55. The van der Waals surface area contributed by atoms with Crippen LogP contribution in [0, 0.1) is 5.82 Å². The lowest BCUT2D eigenvalue weighted by atomic mass is 10.1. The van der Waals surface area contributed by atoms with Crippen molar-refractivity contribution in [3.63, 3.8) is 0 Å². The van der Waals surface area contributed by atoms with E-state index in [-0.39, 0.29) is 18.6 Å². The smallest absolute Gasteiger partial charge is 0.322 e. The molecule has 4 rings (SSSR count). The Morgan fingerprint density at radius 1 is 1.13 bits per heavy atom. The van der Waals surface area contributed by atoms with Crippen molar-refractivity contribution in [3.8, 4) is 5.75 Å². The van der Waals surface area contributed by atoms with Gasteiger partial charge in [0.05, 0.1) is 26.5 Å². The molecule has 0 saturated carbocycles. The van der Waals surface area contributed by atoms with Gasteiger partial charge in [0.25, 0.3) is 5.56 Å². The maximum Gasteiger partial charge on any atom is 0.322 e. The molecule has 0 spiro atoms. The van der Waals surface area contributed by atoms with E-state index in [1.165, 1.54) is 35.4 Å². The molecule has 0 radical (unpaired) electrons. The lowest BCUT2D eigenvalue weighted by Gasteiger charge is -2.22. The number of anilines is 1. The number of hydrogen-bond acceptors (Lipinski definition) is 4. The van der Waals surface area contributed by atoms with Crippen LogP contribution >= 0.6 is 0 Å². The summed E-state index contributed by atoms with van der Waals surface area (Å²) < 4.78 is 23.8. The lowest BCUT2D eigenvalue weighted by molar-refractivity contribution is 0.201. The van der Waals surface area contributed by atoms with Crippen LogP contribution in [0.25, 0.3) is 10.9 Å². The molecule has 31 heavy (non-hydrogen) atoms. The maximum absolute atomic E-state index is 13.2. The number of fused-ring (bicyclic) bond motifs is 1. The van der Waals surface area contributed by atoms with E-state index < -0.39 is 11.8 Å². The zero-order valence-electron chi connectivity index (χ0n) is 16.7. The molecule has 7 nitrogen and oxygen atoms in total. The van der Waals surface area contributed by atoms with E-state index in [9.17, 15) is 14.0 Å². The van der Waals surface area contributed by atoms with Crippen LogP contribution in [0.4, 0.5) is 14.9 Å². The number of carbonyl (C=O) groups excluding carboxylic acids is 1. The minimum absolute atomic E-state index is 0.0379. The lowest BCUT2D eigenvalue weighted by Crippen LogP contribution is -2.35. The first-order chi connectivity index (χ1) is 15.0. The van der Waals surface area contributed by atoms with Crippen LogP contribution in [0.15, 0.2) is 76.1 Å². The number of amides is 2. The van der Waals surface area contributed by atoms with Gasteiger partial charge >= 0.3 is 6.03 Å². The van der Waals surface area contributed by atoms with Gasteiger partial charge in [0, 0.05) is 22.2 Å². The van der Waals surface area contributed by atoms with Crippen LogP contribution in [-0.4, -0.2) is 23.0 Å². The van der Waals surface area contributed by atoms with Gasteiger partial charge in [-0.15, -0.1) is 0 Å². The second kappa shape index (κ2) is 8.74. The Morgan fingerprint density at radius 3 is 2.65 bits per heavy atom. The molecule has 2 heterocycles. The van der Waals surface area contributed by atoms with E-state index in [4.69, 9.17) is 9.15 Å². The normalized spacial score (nSPS) is 10.8. The number of nitrogens with one attached hydrogen (secondary N) is 2. The number of methoxy groups -OCH3 is 1. The summed E-state index contributed by atoms with van der Waals surface area (Å²) in [5, 5.41) is 3.51. The average Bonchev–Trinajstić information content (AvgIpc) is 3.28. The van der Waals surface area contributed by atoms with E-state index >= 15 is 0 Å². The number of halogens is 1. The molecule has 2 aromatic carbocycles. The molecule has 0 aliphatic heterocycles. The molecular formula is C23H20FN3O4. The van der Waals surface area contributed by atoms with E-state index in [0.29, 0.717) is 28.3 Å². The first-order valence-corrected chi connectivity index (χ1v) is 9.55. The monoisotopic (exact) mass is 421 g/mol. The highest BCUT2D eigenvalue weighted by atomic mass is 19.1. The molecule has 2 amide bonds. The topological polar surface area (TPSA) is 87.6 Å². The summed E-state index contributed by atoms with van der Waals surface area (Å²) in [6.07, 6.45) is 1.51. The number of furan rings is 1. The Labute approximate surface area is 177 Å². The molecule has 2 N–H and O–H groups in total. The van der Waals surface area contributed by atoms with Crippen molar-refractivity contribution in [1.82, 2.24) is 9.88 Å². The predicted octanol–water partition coefficient (Wildman–Crippen LogP) is 4.50. The molecule has 0 unspecified atom stereocenters. The molecule has 4 aromatic rings. The Kier molecular flexibility index (Phi) is 5.70. The van der Waals surface area contributed by atoms with Crippen molar-refractivity contribution in [1.29, 1.82) is 0 Å². The van der Waals surface area contributed by atoms with E-state index in [1.54, 1.807) is 37.4 Å². The number of pyridine rings is 1. The van der Waals surface area contributed by atoms with Crippen molar-refractivity contribution >= 4 is 22.6 Å². The molecule has 158 valence electrons. The minimum Gasteiger partial charge on any atom is -0.497 e. The number of benzene rings is 2. The third kappa shape index (κ3) is 4.75. The van der Waals surface area contributed by atoms with Gasteiger partial charge in [-0.05, 0) is 60.7 Å². The van der Waals surface area contributed by atoms with E-state index in [0.717, 1.165) is 5.39 Å². The van der Waals surface area contributed by atoms with Gasteiger partial charge in [-0.1, -0.05) is 0 Å². The molecule has 8 heteroatoms. The molecule has 0 aliphatic carbocycles. The Balaban J connectivity index is 1.63. The molecule has 0 atom stereocenters. The molecule has 0 saturated heterocycles. The number of aromatic nitrogens is 1. The highest BCUT2D eigenvalue weighted by Gasteiger charge is 2.18. The van der Waals surface area contributed by atoms with Gasteiger partial charge in [-0.25, -0.2) is 9.18 Å². The van der Waals surface area contributed by atoms with Crippen LogP contribution in [0.3, 0.4) is 0 Å². The van der Waals surface area contributed by atoms with Gasteiger partial charge in [0.1, 0.15) is 17.3 Å². The third-order valence-corrected chi connectivity index (χ3v) is 4.80. The number of carbonyl (C=O) groups is 1. The Morgan fingerprint density at radius 2 is 1.94 bits per heavy atom. The van der Waals surface area contributed by atoms with Crippen molar-refractivity contribution in [3.05, 3.63) is 94.4 Å². The molecular weight excluding hydrogens is 401 g/mol. The zero-order valence-corrected chi connectivity index (χ0v) is 16.7. The highest BCUT2D eigenvalue weighted by Crippen LogP contribution is 2.20. The van der Waals surface area contributed by atoms with Crippen LogP contribution in [0.1, 0.15) is 11.3 Å². The highest BCUT2D eigenvalue weighted by molar-refractivity contribution is 5.89. The number of aromatic amines is 1. The van der Waals surface area contributed by atoms with E-state index in [1.807, 2.05) is 6.07 Å². The fraction of sp³-hybridized carbons (Fsp3) is 0.130. The van der Waals surface area contributed by atoms with Crippen molar-refractivity contribution in [2.24, 2.45) is 0 Å². The number of hydrogen-bond donors (Lipinski definition) is 2. The van der Waals surface area contributed by atoms with Crippen molar-refractivity contribution in [2.45, 2.75) is 13.1 Å². The summed E-state index contributed by atoms with van der Waals surface area (Å²) in [6.45, 7) is 0.186. The number of urea groups is 1. The standard InChI is InChI=1S/C23H20FN3O4/c1-30-19-8-9-21-15(12-19)11-16(22(28)26-21)13-27(14-20-3-2-10-31-20)23(29)25-18-6-4-17(24)5-7-18/h2-12H,13-14H2,1H3,(H,25,29)(H,26,28). The van der Waals surface area contributed by atoms with Crippen LogP contribution in [0.2, 0.25) is 0 Å². The van der Waals surface area contributed by atoms with Gasteiger partial charge in [0.2, 0.25) is 0 Å². The summed E-state index contributed by atoms with van der Waals surface area (Å²) in [5.74, 6) is 0.823. The molecule has 0 aliphatic rings. The molecule has 0 fully saturated rings. The first kappa shape index (κ1) is 20.2. The minimum atomic E-state index is -0.451. The fourth-order valence-electron chi connectivity index (χ4n) is 3.21. The van der Waals surface area contributed by atoms with Gasteiger partial charge in [0.15, 0.2) is 0 Å². The van der Waals surface area contributed by atoms with Crippen LogP contribution in [-0.2, 0) is 13.1 Å². The molecule has 0 bridgehead atoms. The van der Waals surface area contributed by atoms with Crippen LogP contribution in [0.5, 0.6) is 5.75 Å². The second-order valence-electron chi connectivity index (χ2n) is 6.95. The Bertz CT molecular complexity index is 1250. The SMILES string of the molecule is COc1ccc2[nH]c(=O)c(CN(Cc3ccco3)C(=O)Nc3ccc(F)cc3)cc2c1. The largest absolute Gasteiger partial charge is 0.497 e. The number of ether oxygens (including phenoxy) is 1. The summed E-state index contributed by atoms with van der Waals surface area (Å²) in [7, 11) is 1.57. The summed E-state index contributed by atoms with van der Waals surface area (Å²) in [6, 6.07) is 15.5. The maximum atomic E-state index is 13.2. The van der Waals surface area contributed by atoms with Crippen molar-refractivity contribution in [2.75, 3.05) is 12.4 Å². The fourth-order valence-corrected chi connectivity index (χ4v) is 3.21. The van der Waals surface area contributed by atoms with Crippen molar-refractivity contribution < 1.29 is 18.3 Å². The van der Waals surface area contributed by atoms with E-state index in [2.05, 4.69) is 10.3 Å². The average molecular weight is 421 g/mol. The van der Waals surface area contributed by atoms with Gasteiger partial charge in [-0.3, -0.25) is 4.79 Å². The zero-order chi connectivity index (χ0) is 21.8. The summed E-state index contributed by atoms with van der Waals surface area (Å²) >= 11 is 0. The number of nitrogens with zero attached hydrogens (tertiary/aromatic N) is 1. The van der Waals surface area contributed by atoms with Gasteiger partial charge in [-0.2, -0.15) is 0 Å². The number of H-pyrrole nitrogens is 1. The third-order valence-electron chi connectivity index (χ3n) is 4.80. The Hall–Kier alpha value is -4.07. The quantitative estimate of drug-likeness (QED) is 0.480. The van der Waals surface area contributed by atoms with Crippen LogP contribution < -0.4 is 15.6 Å². The summed E-state index contributed by atoms with van der Waals surface area (Å²) in [5.41, 5.74) is 1.22. The summed E-state index contributed by atoms with van der Waals surface area (Å²) in [4.78, 5) is 29.9.